The Morgan fingerprint density at radius 2 is 1.82 bits per heavy atom. The van der Waals surface area contributed by atoms with Crippen LogP contribution in [0.25, 0.3) is 0 Å². The molecule has 0 aliphatic heterocycles. The van der Waals surface area contributed by atoms with Crippen LogP contribution in [-0.4, -0.2) is 22.6 Å². The van der Waals surface area contributed by atoms with Crippen molar-refractivity contribution in [3.05, 3.63) is 53.1 Å². The molecule has 0 aromatic heterocycles. The van der Waals surface area contributed by atoms with Gasteiger partial charge in [-0.25, -0.2) is 8.42 Å². The van der Waals surface area contributed by atoms with Crippen LogP contribution in [0.4, 0.5) is 5.69 Å². The summed E-state index contributed by atoms with van der Waals surface area (Å²) in [6, 6.07) is 11.7. The first-order valence-electron chi connectivity index (χ1n) is 6.41. The molecule has 22 heavy (non-hydrogen) atoms. The molecule has 0 unspecified atom stereocenters. The van der Waals surface area contributed by atoms with E-state index < -0.39 is 10.0 Å². The smallest absolute Gasteiger partial charge is 0.237 e. The third-order valence-corrected chi connectivity index (χ3v) is 4.57. The second kappa shape index (κ2) is 6.89. The number of rotatable bonds is 6. The van der Waals surface area contributed by atoms with Crippen LogP contribution in [0.15, 0.2) is 42.5 Å². The molecule has 5 nitrogen and oxygen atoms in total. The number of hydrogen-bond donors (Lipinski definition) is 1. The van der Waals surface area contributed by atoms with E-state index in [9.17, 15) is 8.42 Å². The van der Waals surface area contributed by atoms with Crippen molar-refractivity contribution in [2.75, 3.05) is 18.9 Å². The number of methoxy groups -OCH3 is 2. The van der Waals surface area contributed by atoms with Crippen LogP contribution in [0.1, 0.15) is 5.56 Å². The number of benzene rings is 2. The van der Waals surface area contributed by atoms with Crippen LogP contribution in [0.3, 0.4) is 0 Å². The van der Waals surface area contributed by atoms with Gasteiger partial charge in [-0.15, -0.1) is 0 Å². The molecule has 0 bridgehead atoms. The van der Waals surface area contributed by atoms with Crippen molar-refractivity contribution >= 4 is 27.3 Å². The van der Waals surface area contributed by atoms with Crippen molar-refractivity contribution in [1.29, 1.82) is 0 Å². The molecule has 0 aliphatic carbocycles. The molecule has 2 aromatic carbocycles. The quantitative estimate of drug-likeness (QED) is 0.875. The minimum Gasteiger partial charge on any atom is -0.497 e. The van der Waals surface area contributed by atoms with Gasteiger partial charge in [0.25, 0.3) is 0 Å². The van der Waals surface area contributed by atoms with Crippen LogP contribution in [0.2, 0.25) is 5.02 Å². The summed E-state index contributed by atoms with van der Waals surface area (Å²) in [4.78, 5) is 0. The molecule has 0 heterocycles. The van der Waals surface area contributed by atoms with Gasteiger partial charge in [-0.1, -0.05) is 29.8 Å². The van der Waals surface area contributed by atoms with Crippen molar-refractivity contribution in [3.8, 4) is 11.5 Å². The Hall–Kier alpha value is -1.92. The lowest BCUT2D eigenvalue weighted by Gasteiger charge is -2.13. The van der Waals surface area contributed by atoms with E-state index in [1.165, 1.54) is 14.2 Å². The summed E-state index contributed by atoms with van der Waals surface area (Å²) in [5.41, 5.74) is 0.840. The van der Waals surface area contributed by atoms with Crippen molar-refractivity contribution in [3.63, 3.8) is 0 Å². The summed E-state index contributed by atoms with van der Waals surface area (Å²) in [7, 11) is -0.668. The molecule has 0 fully saturated rings. The highest BCUT2D eigenvalue weighted by molar-refractivity contribution is 7.91. The molecule has 0 radical (unpaired) electrons. The summed E-state index contributed by atoms with van der Waals surface area (Å²) in [5.74, 6) is 0.701. The molecular formula is C15H16ClNO4S. The zero-order valence-corrected chi connectivity index (χ0v) is 13.7. The van der Waals surface area contributed by atoms with Crippen molar-refractivity contribution < 1.29 is 17.9 Å². The Kier molecular flexibility index (Phi) is 5.15. The molecule has 2 aromatic rings. The van der Waals surface area contributed by atoms with E-state index in [2.05, 4.69) is 4.72 Å². The van der Waals surface area contributed by atoms with Gasteiger partial charge < -0.3 is 9.47 Å². The first-order valence-corrected chi connectivity index (χ1v) is 8.44. The molecule has 1 N–H and O–H groups in total. The lowest BCUT2D eigenvalue weighted by atomic mass is 10.2. The Morgan fingerprint density at radius 1 is 1.09 bits per heavy atom. The minimum absolute atomic E-state index is 0.229. The topological polar surface area (TPSA) is 64.6 Å². The second-order valence-electron chi connectivity index (χ2n) is 4.52. The fourth-order valence-corrected chi connectivity index (χ4v) is 3.43. The normalized spacial score (nSPS) is 11.0. The van der Waals surface area contributed by atoms with E-state index >= 15 is 0 Å². The van der Waals surface area contributed by atoms with Crippen LogP contribution < -0.4 is 14.2 Å². The maximum Gasteiger partial charge on any atom is 0.237 e. The van der Waals surface area contributed by atoms with Gasteiger partial charge in [0, 0.05) is 11.1 Å². The van der Waals surface area contributed by atoms with Crippen molar-refractivity contribution in [1.82, 2.24) is 0 Å². The molecule has 0 amide bonds. The Bertz CT molecular complexity index is 762. The highest BCUT2D eigenvalue weighted by atomic mass is 35.5. The summed E-state index contributed by atoms with van der Waals surface area (Å²) >= 11 is 6.00. The standard InChI is InChI=1S/C15H16ClNO4S/c1-20-12-7-8-15(21-2)14(9-12)17-22(18,19)10-11-5-3-4-6-13(11)16/h3-9,17H,10H2,1-2H3. The minimum atomic E-state index is -3.64. The number of halogens is 1. The van der Waals surface area contributed by atoms with Gasteiger partial charge in [-0.2, -0.15) is 0 Å². The van der Waals surface area contributed by atoms with Gasteiger partial charge in [-0.05, 0) is 23.8 Å². The van der Waals surface area contributed by atoms with E-state index in [0.29, 0.717) is 27.8 Å². The highest BCUT2D eigenvalue weighted by Crippen LogP contribution is 2.30. The SMILES string of the molecule is COc1ccc(OC)c(NS(=O)(=O)Cc2ccccc2Cl)c1. The highest BCUT2D eigenvalue weighted by Gasteiger charge is 2.16. The molecule has 0 aliphatic rings. The van der Waals surface area contributed by atoms with Gasteiger partial charge >= 0.3 is 0 Å². The number of anilines is 1. The van der Waals surface area contributed by atoms with Crippen LogP contribution in [-0.2, 0) is 15.8 Å². The summed E-state index contributed by atoms with van der Waals surface area (Å²) in [6.45, 7) is 0. The Labute approximate surface area is 134 Å². The number of ether oxygens (including phenoxy) is 2. The van der Waals surface area contributed by atoms with Crippen LogP contribution in [0.5, 0.6) is 11.5 Å². The number of nitrogens with one attached hydrogen (secondary N) is 1. The summed E-state index contributed by atoms with van der Waals surface area (Å²) in [6.07, 6.45) is 0. The van der Waals surface area contributed by atoms with E-state index in [-0.39, 0.29) is 5.75 Å². The van der Waals surface area contributed by atoms with Crippen molar-refractivity contribution in [2.45, 2.75) is 5.75 Å². The average molecular weight is 342 g/mol. The molecule has 0 saturated heterocycles. The predicted molar refractivity (Wildman–Crippen MR) is 87.2 cm³/mol. The molecule has 7 heteroatoms. The zero-order chi connectivity index (χ0) is 16.2. The van der Waals surface area contributed by atoms with Crippen LogP contribution in [0, 0.1) is 0 Å². The molecule has 118 valence electrons. The third kappa shape index (κ3) is 4.05. The molecular weight excluding hydrogens is 326 g/mol. The van der Waals surface area contributed by atoms with Crippen LogP contribution >= 0.6 is 11.6 Å². The molecule has 0 atom stereocenters. The molecule has 0 spiro atoms. The third-order valence-electron chi connectivity index (χ3n) is 2.98. The molecule has 0 saturated carbocycles. The lowest BCUT2D eigenvalue weighted by molar-refractivity contribution is 0.405. The first kappa shape index (κ1) is 16.5. The maximum atomic E-state index is 12.3. The van der Waals surface area contributed by atoms with Gasteiger partial charge in [0.05, 0.1) is 25.7 Å². The Morgan fingerprint density at radius 3 is 2.45 bits per heavy atom. The maximum absolute atomic E-state index is 12.3. The fraction of sp³-hybridized carbons (Fsp3) is 0.200. The fourth-order valence-electron chi connectivity index (χ4n) is 1.92. The monoisotopic (exact) mass is 341 g/mol. The second-order valence-corrected chi connectivity index (χ2v) is 6.65. The molecule has 2 rings (SSSR count). The number of hydrogen-bond acceptors (Lipinski definition) is 4. The van der Waals surface area contributed by atoms with E-state index in [4.69, 9.17) is 21.1 Å². The Balaban J connectivity index is 2.27. The summed E-state index contributed by atoms with van der Waals surface area (Å²) in [5, 5.41) is 0.408. The van der Waals surface area contributed by atoms with Gasteiger partial charge in [0.15, 0.2) is 0 Å². The zero-order valence-electron chi connectivity index (χ0n) is 12.2. The van der Waals surface area contributed by atoms with Crippen molar-refractivity contribution in [2.24, 2.45) is 0 Å². The van der Waals surface area contributed by atoms with E-state index in [1.54, 1.807) is 42.5 Å². The largest absolute Gasteiger partial charge is 0.497 e. The van der Waals surface area contributed by atoms with Gasteiger partial charge in [0.2, 0.25) is 10.0 Å². The predicted octanol–water partition coefficient (Wildman–Crippen LogP) is 3.30. The van der Waals surface area contributed by atoms with E-state index in [0.717, 1.165) is 0 Å². The van der Waals surface area contributed by atoms with E-state index in [1.807, 2.05) is 0 Å². The first-order chi connectivity index (χ1) is 10.4. The average Bonchev–Trinajstić information content (AvgIpc) is 2.49. The lowest BCUT2D eigenvalue weighted by Crippen LogP contribution is -2.16. The summed E-state index contributed by atoms with van der Waals surface area (Å²) < 4.78 is 37.4. The number of sulfonamides is 1. The van der Waals surface area contributed by atoms with Gasteiger partial charge in [-0.3, -0.25) is 4.72 Å². The van der Waals surface area contributed by atoms with Gasteiger partial charge in [0.1, 0.15) is 11.5 Å².